The van der Waals surface area contributed by atoms with Crippen LogP contribution in [0.25, 0.3) is 0 Å². The van der Waals surface area contributed by atoms with E-state index in [4.69, 9.17) is 0 Å². The number of aromatic nitrogens is 2. The van der Waals surface area contributed by atoms with Gasteiger partial charge in [0.05, 0.1) is 29.7 Å². The molecule has 0 saturated heterocycles. The Hall–Kier alpha value is -3.87. The maximum absolute atomic E-state index is 13.6. The third kappa shape index (κ3) is 5.80. The molecule has 13 heteroatoms. The fourth-order valence-corrected chi connectivity index (χ4v) is 4.21. The van der Waals surface area contributed by atoms with E-state index < -0.39 is 27.6 Å². The Kier molecular flexibility index (Phi) is 6.28. The second kappa shape index (κ2) is 9.06. The van der Waals surface area contributed by atoms with Crippen molar-refractivity contribution in [3.05, 3.63) is 64.8 Å². The summed E-state index contributed by atoms with van der Waals surface area (Å²) in [5, 5.41) is 8.22. The van der Waals surface area contributed by atoms with Crippen LogP contribution in [0.1, 0.15) is 22.3 Å². The molecule has 2 aromatic carbocycles. The van der Waals surface area contributed by atoms with Crippen LogP contribution < -0.4 is 20.7 Å². The molecule has 0 fully saturated rings. The van der Waals surface area contributed by atoms with Crippen LogP contribution in [0.15, 0.2) is 42.6 Å². The molecule has 0 aliphatic carbocycles. The van der Waals surface area contributed by atoms with E-state index in [2.05, 4.69) is 30.6 Å². The number of fused-ring (bicyclic) bond motifs is 1. The summed E-state index contributed by atoms with van der Waals surface area (Å²) in [6.07, 6.45) is -2.89. The van der Waals surface area contributed by atoms with Crippen LogP contribution >= 0.6 is 0 Å². The Morgan fingerprint density at radius 1 is 1.14 bits per heavy atom. The van der Waals surface area contributed by atoms with Crippen LogP contribution in [0.3, 0.4) is 0 Å². The quantitative estimate of drug-likeness (QED) is 0.381. The number of benzene rings is 2. The van der Waals surface area contributed by atoms with E-state index in [0.717, 1.165) is 17.4 Å². The second-order valence-corrected chi connectivity index (χ2v) is 9.78. The van der Waals surface area contributed by atoms with Gasteiger partial charge in [-0.2, -0.15) is 18.2 Å². The Labute approximate surface area is 199 Å². The van der Waals surface area contributed by atoms with Gasteiger partial charge in [-0.25, -0.2) is 13.4 Å². The number of nitrogens with zero attached hydrogens (tertiary/aromatic N) is 2. The summed E-state index contributed by atoms with van der Waals surface area (Å²) in [4.78, 5) is 19.5. The highest BCUT2D eigenvalue weighted by molar-refractivity contribution is 7.92. The minimum atomic E-state index is -4.73. The molecule has 1 aliphatic rings. The number of para-hydroxylation sites is 1. The Bertz CT molecular complexity index is 1410. The lowest BCUT2D eigenvalue weighted by Crippen LogP contribution is -2.16. The highest BCUT2D eigenvalue weighted by Gasteiger charge is 2.35. The van der Waals surface area contributed by atoms with Gasteiger partial charge in [0.15, 0.2) is 0 Å². The fourth-order valence-electron chi connectivity index (χ4n) is 3.61. The summed E-state index contributed by atoms with van der Waals surface area (Å²) in [7, 11) is -3.60. The first-order valence-electron chi connectivity index (χ1n) is 10.3. The lowest BCUT2D eigenvalue weighted by atomic mass is 10.1. The predicted octanol–water partition coefficient (Wildman–Crippen LogP) is 4.03. The number of amides is 1. The van der Waals surface area contributed by atoms with E-state index in [1.54, 1.807) is 37.3 Å². The van der Waals surface area contributed by atoms with Gasteiger partial charge < -0.3 is 16.0 Å². The average Bonchev–Trinajstić information content (AvgIpc) is 3.13. The highest BCUT2D eigenvalue weighted by atomic mass is 32.2. The molecule has 35 heavy (non-hydrogen) atoms. The zero-order valence-electron chi connectivity index (χ0n) is 18.6. The molecule has 3 aromatic rings. The lowest BCUT2D eigenvalue weighted by molar-refractivity contribution is -0.137. The van der Waals surface area contributed by atoms with Crippen LogP contribution in [0.5, 0.6) is 0 Å². The van der Waals surface area contributed by atoms with E-state index in [1.165, 1.54) is 6.07 Å². The molecule has 0 radical (unpaired) electrons. The molecule has 0 unspecified atom stereocenters. The van der Waals surface area contributed by atoms with E-state index in [9.17, 15) is 26.4 Å². The first-order valence-corrected chi connectivity index (χ1v) is 12.2. The number of rotatable bonds is 7. The zero-order valence-corrected chi connectivity index (χ0v) is 19.4. The molecule has 0 spiro atoms. The van der Waals surface area contributed by atoms with Crippen LogP contribution in [-0.2, 0) is 34.0 Å². The number of aryl methyl sites for hydroxylation is 1. The number of alkyl halides is 3. The molecule has 4 N–H and O–H groups in total. The number of hydrogen-bond donors (Lipinski definition) is 4. The van der Waals surface area contributed by atoms with Crippen molar-refractivity contribution in [2.75, 3.05) is 26.9 Å². The van der Waals surface area contributed by atoms with Crippen LogP contribution in [0.2, 0.25) is 0 Å². The van der Waals surface area contributed by atoms with Gasteiger partial charge in [0.1, 0.15) is 11.4 Å². The van der Waals surface area contributed by atoms with Gasteiger partial charge in [-0.15, -0.1) is 0 Å². The molecule has 0 atom stereocenters. The maximum Gasteiger partial charge on any atom is 0.421 e. The summed E-state index contributed by atoms with van der Waals surface area (Å²) in [5.41, 5.74) is 2.09. The van der Waals surface area contributed by atoms with Crippen LogP contribution in [-0.4, -0.2) is 30.5 Å². The molecule has 1 aliphatic heterocycles. The Morgan fingerprint density at radius 2 is 1.91 bits per heavy atom. The molecule has 0 bridgehead atoms. The first-order chi connectivity index (χ1) is 16.4. The minimum absolute atomic E-state index is 0.117. The normalized spacial score (nSPS) is 13.2. The smallest absolute Gasteiger partial charge is 0.365 e. The van der Waals surface area contributed by atoms with Gasteiger partial charge >= 0.3 is 6.18 Å². The molecule has 0 saturated carbocycles. The van der Waals surface area contributed by atoms with Crippen LogP contribution in [0.4, 0.5) is 42.0 Å². The van der Waals surface area contributed by atoms with Crippen molar-refractivity contribution in [3.63, 3.8) is 0 Å². The topological polar surface area (TPSA) is 125 Å². The third-order valence-electron chi connectivity index (χ3n) is 5.11. The summed E-state index contributed by atoms with van der Waals surface area (Å²) in [6.45, 7) is 1.63. The molecule has 184 valence electrons. The number of hydrogen-bond acceptors (Lipinski definition) is 7. The predicted molar refractivity (Wildman–Crippen MR) is 126 cm³/mol. The molecule has 4 rings (SSSR count). The van der Waals surface area contributed by atoms with Crippen molar-refractivity contribution in [1.82, 2.24) is 9.97 Å². The van der Waals surface area contributed by atoms with E-state index in [1.807, 2.05) is 0 Å². The van der Waals surface area contributed by atoms with Gasteiger partial charge in [0.2, 0.25) is 21.9 Å². The van der Waals surface area contributed by atoms with Gasteiger partial charge in [0, 0.05) is 12.7 Å². The van der Waals surface area contributed by atoms with Crippen molar-refractivity contribution in [3.8, 4) is 0 Å². The van der Waals surface area contributed by atoms with Crippen molar-refractivity contribution in [2.24, 2.45) is 0 Å². The molecule has 9 nitrogen and oxygen atoms in total. The summed E-state index contributed by atoms with van der Waals surface area (Å²) in [6, 6.07) is 10.00. The van der Waals surface area contributed by atoms with Gasteiger partial charge in [-0.3, -0.25) is 9.52 Å². The van der Waals surface area contributed by atoms with Gasteiger partial charge in [-0.05, 0) is 30.2 Å². The summed E-state index contributed by atoms with van der Waals surface area (Å²) < 4.78 is 66.6. The molecular formula is C22H21F3N6O3S. The van der Waals surface area contributed by atoms with Crippen molar-refractivity contribution >= 4 is 44.8 Å². The molecule has 1 aromatic heterocycles. The Morgan fingerprint density at radius 3 is 2.63 bits per heavy atom. The third-order valence-corrected chi connectivity index (χ3v) is 5.70. The van der Waals surface area contributed by atoms with Crippen LogP contribution in [0, 0.1) is 6.92 Å². The van der Waals surface area contributed by atoms with Crippen molar-refractivity contribution in [2.45, 2.75) is 26.1 Å². The molecule has 1 amide bonds. The number of halogens is 3. The number of sulfonamides is 1. The molecular weight excluding hydrogens is 485 g/mol. The van der Waals surface area contributed by atoms with Gasteiger partial charge in [0.25, 0.3) is 0 Å². The maximum atomic E-state index is 13.6. The fraction of sp³-hybridized carbons (Fsp3) is 0.227. The Balaban J connectivity index is 1.64. The van der Waals surface area contributed by atoms with Crippen molar-refractivity contribution < 1.29 is 26.4 Å². The second-order valence-electron chi connectivity index (χ2n) is 8.03. The van der Waals surface area contributed by atoms with Crippen molar-refractivity contribution in [1.29, 1.82) is 0 Å². The number of nitrogens with one attached hydrogen (secondary N) is 4. The average molecular weight is 507 g/mol. The summed E-state index contributed by atoms with van der Waals surface area (Å²) >= 11 is 0. The lowest BCUT2D eigenvalue weighted by Gasteiger charge is -2.17. The number of carbonyl (C=O) groups excluding carboxylic acids is 1. The van der Waals surface area contributed by atoms with Gasteiger partial charge in [-0.1, -0.05) is 29.8 Å². The number of anilines is 5. The van der Waals surface area contributed by atoms with E-state index >= 15 is 0 Å². The number of carbonyl (C=O) groups is 1. The monoisotopic (exact) mass is 506 g/mol. The highest BCUT2D eigenvalue weighted by Crippen LogP contribution is 2.36. The minimum Gasteiger partial charge on any atom is -0.365 e. The first kappa shape index (κ1) is 24.3. The standard InChI is InChI=1S/C22H21F3N6O3S/c1-12-6-7-16(31-35(2,33)34)14(8-12)10-26-20-15(22(23,24)25)11-27-21(30-20)28-17-5-3-4-13-9-18(32)29-19(13)17/h3-8,11,31H,9-10H2,1-2H3,(H,29,32)(H2,26,27,28,30). The molecule has 2 heterocycles. The SMILES string of the molecule is Cc1ccc(NS(C)(=O)=O)c(CNc2nc(Nc3cccc4c3NC(=O)C4)ncc2C(F)(F)F)c1. The van der Waals surface area contributed by atoms with E-state index in [-0.39, 0.29) is 30.5 Å². The van der Waals surface area contributed by atoms with E-state index in [0.29, 0.717) is 23.1 Å². The largest absolute Gasteiger partial charge is 0.421 e. The summed E-state index contributed by atoms with van der Waals surface area (Å²) in [5.74, 6) is -0.797. The zero-order chi connectivity index (χ0) is 25.4.